The molecule has 0 saturated carbocycles. The summed E-state index contributed by atoms with van der Waals surface area (Å²) in [7, 11) is 0. The molecule has 1 unspecified atom stereocenters. The molecule has 1 atom stereocenters. The third kappa shape index (κ3) is 29.8. The van der Waals surface area contributed by atoms with E-state index in [1.165, 1.54) is 12.5 Å². The van der Waals surface area contributed by atoms with Crippen molar-refractivity contribution in [1.29, 1.82) is 0 Å². The van der Waals surface area contributed by atoms with Crippen molar-refractivity contribution in [1.82, 2.24) is 0 Å². The van der Waals surface area contributed by atoms with Gasteiger partial charge in [0.05, 0.1) is 6.61 Å². The lowest BCUT2D eigenvalue weighted by molar-refractivity contribution is -0.142. The number of hydrogen-bond donors (Lipinski definition) is 3. The molecule has 0 aliphatic rings. The zero-order valence-corrected chi connectivity index (χ0v) is 12.3. The van der Waals surface area contributed by atoms with Crippen molar-refractivity contribution in [2.24, 2.45) is 0 Å². The van der Waals surface area contributed by atoms with Crippen LogP contribution in [0.5, 0.6) is 0 Å². The number of carbonyl (C=O) groups excluding carboxylic acids is 1. The van der Waals surface area contributed by atoms with Gasteiger partial charge in [-0.1, -0.05) is 18.7 Å². The van der Waals surface area contributed by atoms with E-state index in [1.54, 1.807) is 0 Å². The Kier molecular flexibility index (Phi) is 17.6. The lowest BCUT2D eigenvalue weighted by Crippen LogP contribution is -2.22. The highest BCUT2D eigenvalue weighted by Gasteiger charge is 2.07. The molecular formula is C14H24O6. The van der Waals surface area contributed by atoms with E-state index >= 15 is 0 Å². The van der Waals surface area contributed by atoms with Crippen LogP contribution in [0.15, 0.2) is 37.0 Å². The number of carboxylic acid groups (broad SMARTS) is 1. The molecule has 6 nitrogen and oxygen atoms in total. The number of rotatable bonds is 5. The Labute approximate surface area is 119 Å². The summed E-state index contributed by atoms with van der Waals surface area (Å²) in [6, 6.07) is 0. The van der Waals surface area contributed by atoms with Gasteiger partial charge in [0.2, 0.25) is 0 Å². The molecule has 0 bridgehead atoms. The standard InChI is InChI=1S/C7H12O4.C4H8.C3H4O2/c1-5(2)7(10)11-4-6(9)3-8;1-4(2)3;1-2-3(4)5/h6,8-9H,1,3-4H2,2H3;1H2,2-3H3;2H,1H2,(H,4,5). The number of hydrogen-bond acceptors (Lipinski definition) is 5. The lowest BCUT2D eigenvalue weighted by Gasteiger charge is -2.07. The molecule has 0 aromatic heterocycles. The Bertz CT molecular complexity index is 329. The summed E-state index contributed by atoms with van der Waals surface area (Å²) < 4.78 is 4.51. The van der Waals surface area contributed by atoms with Gasteiger partial charge in [0.1, 0.15) is 12.7 Å². The summed E-state index contributed by atoms with van der Waals surface area (Å²) >= 11 is 0. The minimum absolute atomic E-state index is 0.192. The van der Waals surface area contributed by atoms with Crippen molar-refractivity contribution >= 4 is 11.9 Å². The van der Waals surface area contributed by atoms with Crippen LogP contribution in [-0.4, -0.2) is 46.6 Å². The number of carbonyl (C=O) groups is 2. The van der Waals surface area contributed by atoms with Gasteiger partial charge in [-0.05, 0) is 20.8 Å². The number of aliphatic hydroxyl groups excluding tert-OH is 2. The molecule has 6 heteroatoms. The van der Waals surface area contributed by atoms with E-state index in [-0.39, 0.29) is 12.2 Å². The second-order valence-corrected chi connectivity index (χ2v) is 3.96. The van der Waals surface area contributed by atoms with Gasteiger partial charge >= 0.3 is 11.9 Å². The fourth-order valence-corrected chi connectivity index (χ4v) is 0.348. The van der Waals surface area contributed by atoms with Crippen LogP contribution >= 0.6 is 0 Å². The molecule has 0 aliphatic carbocycles. The van der Waals surface area contributed by atoms with E-state index in [0.29, 0.717) is 0 Å². The summed E-state index contributed by atoms with van der Waals surface area (Å²) in [5.41, 5.74) is 1.44. The highest BCUT2D eigenvalue weighted by atomic mass is 16.5. The van der Waals surface area contributed by atoms with Crippen molar-refractivity contribution in [3.05, 3.63) is 37.0 Å². The zero-order chi connectivity index (χ0) is 16.7. The second kappa shape index (κ2) is 15.1. The van der Waals surface area contributed by atoms with Crippen molar-refractivity contribution in [2.45, 2.75) is 26.9 Å². The molecule has 116 valence electrons. The Morgan fingerprint density at radius 3 is 1.80 bits per heavy atom. The fourth-order valence-electron chi connectivity index (χ4n) is 0.348. The summed E-state index contributed by atoms with van der Waals surface area (Å²) in [5.74, 6) is -1.54. The van der Waals surface area contributed by atoms with E-state index in [0.717, 1.165) is 6.08 Å². The third-order valence-electron chi connectivity index (χ3n) is 1.14. The van der Waals surface area contributed by atoms with Crippen LogP contribution in [0.2, 0.25) is 0 Å². The van der Waals surface area contributed by atoms with Crippen LogP contribution in [0.25, 0.3) is 0 Å². The molecule has 0 aromatic carbocycles. The molecule has 0 rings (SSSR count). The topological polar surface area (TPSA) is 104 Å². The first-order valence-corrected chi connectivity index (χ1v) is 5.67. The van der Waals surface area contributed by atoms with E-state index in [4.69, 9.17) is 15.3 Å². The number of aliphatic hydroxyl groups is 2. The largest absolute Gasteiger partial charge is 0.478 e. The minimum Gasteiger partial charge on any atom is -0.478 e. The number of carboxylic acids is 1. The van der Waals surface area contributed by atoms with Gasteiger partial charge in [-0.15, -0.1) is 6.58 Å². The van der Waals surface area contributed by atoms with Crippen molar-refractivity contribution in [2.75, 3.05) is 13.2 Å². The Morgan fingerprint density at radius 1 is 1.25 bits per heavy atom. The molecule has 0 saturated heterocycles. The minimum atomic E-state index is -1.00. The first-order chi connectivity index (χ1) is 9.08. The third-order valence-corrected chi connectivity index (χ3v) is 1.14. The van der Waals surface area contributed by atoms with Crippen LogP contribution in [0.3, 0.4) is 0 Å². The van der Waals surface area contributed by atoms with E-state index in [9.17, 15) is 9.59 Å². The van der Waals surface area contributed by atoms with Gasteiger partial charge in [-0.25, -0.2) is 9.59 Å². The van der Waals surface area contributed by atoms with E-state index < -0.39 is 24.6 Å². The summed E-state index contributed by atoms with van der Waals surface area (Å²) in [6.07, 6.45) is -0.168. The predicted molar refractivity (Wildman–Crippen MR) is 77.2 cm³/mol. The summed E-state index contributed by atoms with van der Waals surface area (Å²) in [5, 5.41) is 24.7. The average Bonchev–Trinajstić information content (AvgIpc) is 2.35. The van der Waals surface area contributed by atoms with Gasteiger partial charge in [0.15, 0.2) is 0 Å². The fraction of sp³-hybridized carbons (Fsp3) is 0.429. The molecule has 20 heavy (non-hydrogen) atoms. The first kappa shape index (κ1) is 23.2. The van der Waals surface area contributed by atoms with Crippen molar-refractivity contribution < 1.29 is 29.6 Å². The molecule has 0 aromatic rings. The van der Waals surface area contributed by atoms with E-state index in [2.05, 4.69) is 24.5 Å². The molecule has 0 fully saturated rings. The molecule has 0 radical (unpaired) electrons. The van der Waals surface area contributed by atoms with E-state index in [1.807, 2.05) is 13.8 Å². The van der Waals surface area contributed by atoms with Gasteiger partial charge in [0, 0.05) is 11.6 Å². The summed E-state index contributed by atoms with van der Waals surface area (Å²) in [6.45, 7) is 14.7. The molecule has 0 heterocycles. The van der Waals surface area contributed by atoms with Gasteiger partial charge in [0.25, 0.3) is 0 Å². The number of ether oxygens (including phenoxy) is 1. The molecule has 0 spiro atoms. The monoisotopic (exact) mass is 288 g/mol. The Balaban J connectivity index is -0.000000266. The molecular weight excluding hydrogens is 264 g/mol. The highest BCUT2D eigenvalue weighted by Crippen LogP contribution is 1.93. The SMILES string of the molecule is C=C(C)C.C=C(C)C(=O)OCC(O)CO.C=CC(=O)O. The van der Waals surface area contributed by atoms with Crippen LogP contribution in [0.4, 0.5) is 0 Å². The predicted octanol–water partition coefficient (Wildman–Crippen LogP) is 1.30. The quantitative estimate of drug-likeness (QED) is 0.400. The Morgan fingerprint density at radius 2 is 1.60 bits per heavy atom. The maximum absolute atomic E-state index is 10.6. The molecule has 0 aliphatic heterocycles. The molecule has 3 N–H and O–H groups in total. The first-order valence-electron chi connectivity index (χ1n) is 5.67. The molecule has 0 amide bonds. The van der Waals surface area contributed by atoms with Gasteiger partial charge in [-0.2, -0.15) is 0 Å². The zero-order valence-electron chi connectivity index (χ0n) is 12.3. The summed E-state index contributed by atoms with van der Waals surface area (Å²) in [4.78, 5) is 19.9. The number of allylic oxidation sites excluding steroid dienone is 1. The van der Waals surface area contributed by atoms with Crippen molar-refractivity contribution in [3.63, 3.8) is 0 Å². The van der Waals surface area contributed by atoms with Crippen LogP contribution in [0, 0.1) is 0 Å². The van der Waals surface area contributed by atoms with Crippen LogP contribution in [-0.2, 0) is 14.3 Å². The maximum atomic E-state index is 10.6. The van der Waals surface area contributed by atoms with Gasteiger partial charge < -0.3 is 20.1 Å². The highest BCUT2D eigenvalue weighted by molar-refractivity contribution is 5.86. The lowest BCUT2D eigenvalue weighted by atomic mass is 10.3. The smallest absolute Gasteiger partial charge is 0.333 e. The van der Waals surface area contributed by atoms with Crippen molar-refractivity contribution in [3.8, 4) is 0 Å². The van der Waals surface area contributed by atoms with Crippen LogP contribution < -0.4 is 0 Å². The number of aliphatic carboxylic acids is 1. The Hall–Kier alpha value is -1.92. The average molecular weight is 288 g/mol. The van der Waals surface area contributed by atoms with Gasteiger partial charge in [-0.3, -0.25) is 0 Å². The maximum Gasteiger partial charge on any atom is 0.333 e. The van der Waals surface area contributed by atoms with Crippen LogP contribution in [0.1, 0.15) is 20.8 Å². The second-order valence-electron chi connectivity index (χ2n) is 3.96. The normalized spacial score (nSPS) is 9.65. The number of esters is 1.